The molecule has 13 heteroatoms. The van der Waals surface area contributed by atoms with Crippen LogP contribution < -0.4 is 21.7 Å². The predicted molar refractivity (Wildman–Crippen MR) is 179 cm³/mol. The molecule has 2 saturated heterocycles. The lowest BCUT2D eigenvalue weighted by Crippen LogP contribution is -2.65. The Morgan fingerprint density at radius 2 is 1.78 bits per heavy atom. The second-order valence-corrected chi connectivity index (χ2v) is 16.1. The van der Waals surface area contributed by atoms with Crippen LogP contribution in [0.5, 0.6) is 0 Å². The normalized spacial score (nSPS) is 29.0. The van der Waals surface area contributed by atoms with E-state index in [0.29, 0.717) is 75.5 Å². The molecular formula is C33H59BN6O6. The minimum atomic E-state index is -0.751. The third-order valence-electron chi connectivity index (χ3n) is 10.7. The van der Waals surface area contributed by atoms with Gasteiger partial charge >= 0.3 is 13.2 Å². The summed E-state index contributed by atoms with van der Waals surface area (Å²) in [6, 6.07) is -0.751. The number of rotatable bonds is 11. The van der Waals surface area contributed by atoms with Crippen LogP contribution in [-0.4, -0.2) is 91.9 Å². The molecule has 46 heavy (non-hydrogen) atoms. The molecular weight excluding hydrogens is 587 g/mol. The zero-order valence-corrected chi connectivity index (χ0v) is 29.6. The van der Waals surface area contributed by atoms with Crippen LogP contribution in [0.15, 0.2) is 4.99 Å². The van der Waals surface area contributed by atoms with E-state index in [2.05, 4.69) is 55.6 Å². The fraction of sp³-hybridized carbons (Fsp3) is 0.879. The first kappa shape index (κ1) is 36.3. The molecule has 0 spiro atoms. The van der Waals surface area contributed by atoms with Crippen LogP contribution in [0.4, 0.5) is 4.79 Å². The first-order chi connectivity index (χ1) is 21.4. The van der Waals surface area contributed by atoms with E-state index in [0.717, 1.165) is 12.8 Å². The molecule has 12 nitrogen and oxygen atoms in total. The molecule has 6 atom stereocenters. The molecule has 0 aromatic heterocycles. The Bertz CT molecular complexity index is 1140. The average molecular weight is 647 g/mol. The topological polar surface area (TPSA) is 157 Å². The van der Waals surface area contributed by atoms with Crippen LogP contribution in [0.3, 0.4) is 0 Å². The maximum atomic E-state index is 14.0. The molecule has 5 rings (SSSR count). The average Bonchev–Trinajstić information content (AvgIpc) is 3.34. The fourth-order valence-corrected chi connectivity index (χ4v) is 7.91. The zero-order valence-electron chi connectivity index (χ0n) is 29.6. The Labute approximate surface area is 276 Å². The van der Waals surface area contributed by atoms with Crippen molar-refractivity contribution in [2.24, 2.45) is 39.8 Å². The van der Waals surface area contributed by atoms with Crippen molar-refractivity contribution >= 4 is 31.0 Å². The number of carbonyl (C=O) groups excluding carboxylic acids is 3. The summed E-state index contributed by atoms with van der Waals surface area (Å²) >= 11 is 0. The molecule has 260 valence electrons. The molecule has 0 radical (unpaired) electrons. The van der Waals surface area contributed by atoms with Crippen LogP contribution in [0.1, 0.15) is 100 Å². The summed E-state index contributed by atoms with van der Waals surface area (Å²) in [7, 11) is 1.06. The lowest BCUT2D eigenvalue weighted by atomic mass is 9.43. The maximum absolute atomic E-state index is 14.0. The molecule has 2 bridgehead atoms. The van der Waals surface area contributed by atoms with Crippen LogP contribution in [0.2, 0.25) is 0 Å². The summed E-state index contributed by atoms with van der Waals surface area (Å²) in [6.45, 7) is 18.0. The van der Waals surface area contributed by atoms with E-state index in [1.807, 2.05) is 20.8 Å². The van der Waals surface area contributed by atoms with Gasteiger partial charge in [-0.25, -0.2) is 4.79 Å². The predicted octanol–water partition coefficient (Wildman–Crippen LogP) is 3.23. The largest absolute Gasteiger partial charge is 0.481 e. The Morgan fingerprint density at radius 1 is 1.11 bits per heavy atom. The third-order valence-corrected chi connectivity index (χ3v) is 10.7. The van der Waals surface area contributed by atoms with Crippen molar-refractivity contribution in [1.29, 1.82) is 0 Å². The van der Waals surface area contributed by atoms with Crippen molar-refractivity contribution in [1.82, 2.24) is 20.9 Å². The molecule has 0 unspecified atom stereocenters. The molecule has 3 saturated carbocycles. The van der Waals surface area contributed by atoms with Crippen molar-refractivity contribution in [2.75, 3.05) is 26.7 Å². The highest BCUT2D eigenvalue weighted by Gasteiger charge is 2.68. The molecule has 2 heterocycles. The summed E-state index contributed by atoms with van der Waals surface area (Å²) in [5.74, 6) is 0.581. The first-order valence-electron chi connectivity index (χ1n) is 17.3. The van der Waals surface area contributed by atoms with Gasteiger partial charge < -0.3 is 40.6 Å². The van der Waals surface area contributed by atoms with Gasteiger partial charge in [-0.1, -0.05) is 27.7 Å². The minimum absolute atomic E-state index is 0.0136. The summed E-state index contributed by atoms with van der Waals surface area (Å²) in [6.07, 6.45) is 4.47. The number of hydrogen-bond acceptors (Lipinski definition) is 7. The van der Waals surface area contributed by atoms with Gasteiger partial charge in [0, 0.05) is 32.6 Å². The summed E-state index contributed by atoms with van der Waals surface area (Å²) < 4.78 is 18.8. The van der Waals surface area contributed by atoms with E-state index in [1.54, 1.807) is 11.9 Å². The molecule has 3 aliphatic carbocycles. The van der Waals surface area contributed by atoms with Crippen molar-refractivity contribution in [2.45, 2.75) is 130 Å². The Morgan fingerprint density at radius 3 is 2.37 bits per heavy atom. The van der Waals surface area contributed by atoms with Gasteiger partial charge in [0.05, 0.1) is 17.6 Å². The number of ether oxygens (including phenoxy) is 1. The first-order valence-corrected chi connectivity index (χ1v) is 17.3. The molecule has 0 aromatic carbocycles. The van der Waals surface area contributed by atoms with E-state index in [9.17, 15) is 14.4 Å². The Hall–Kier alpha value is -2.54. The van der Waals surface area contributed by atoms with E-state index < -0.39 is 18.8 Å². The monoisotopic (exact) mass is 646 g/mol. The number of hydrogen-bond donors (Lipinski definition) is 4. The highest BCUT2D eigenvalue weighted by molar-refractivity contribution is 6.48. The van der Waals surface area contributed by atoms with Crippen molar-refractivity contribution in [3.8, 4) is 0 Å². The van der Waals surface area contributed by atoms with Gasteiger partial charge in [0.1, 0.15) is 11.6 Å². The van der Waals surface area contributed by atoms with E-state index in [-0.39, 0.29) is 46.9 Å². The summed E-state index contributed by atoms with van der Waals surface area (Å²) in [4.78, 5) is 45.6. The van der Waals surface area contributed by atoms with Crippen LogP contribution >= 0.6 is 0 Å². The number of nitrogens with two attached hydrogens (primary N) is 1. The summed E-state index contributed by atoms with van der Waals surface area (Å²) in [5.41, 5.74) is 5.05. The highest BCUT2D eigenvalue weighted by atomic mass is 16.7. The number of nitrogens with one attached hydrogen (secondary N) is 3. The van der Waals surface area contributed by atoms with Gasteiger partial charge in [-0.15, -0.1) is 0 Å². The third kappa shape index (κ3) is 8.30. The molecule has 2 aliphatic heterocycles. The van der Waals surface area contributed by atoms with E-state index in [4.69, 9.17) is 19.8 Å². The van der Waals surface area contributed by atoms with Crippen LogP contribution in [-0.2, 0) is 23.6 Å². The smallest absolute Gasteiger partial charge is 0.444 e. The highest BCUT2D eigenvalue weighted by Crippen LogP contribution is 2.65. The van der Waals surface area contributed by atoms with Gasteiger partial charge in [0.25, 0.3) is 0 Å². The number of likely N-dealkylation sites (tertiary alicyclic amines) is 1. The van der Waals surface area contributed by atoms with Crippen molar-refractivity contribution < 1.29 is 28.4 Å². The number of carbonyl (C=O) groups is 3. The fourth-order valence-electron chi connectivity index (χ4n) is 7.91. The van der Waals surface area contributed by atoms with E-state index in [1.165, 1.54) is 0 Å². The Kier molecular flexibility index (Phi) is 11.3. The van der Waals surface area contributed by atoms with E-state index >= 15 is 0 Å². The Balaban J connectivity index is 1.41. The molecule has 5 aliphatic rings. The van der Waals surface area contributed by atoms with Crippen LogP contribution in [0, 0.1) is 29.1 Å². The van der Waals surface area contributed by atoms with Gasteiger partial charge in [-0.05, 0) is 95.8 Å². The van der Waals surface area contributed by atoms with Crippen LogP contribution in [0.25, 0.3) is 0 Å². The van der Waals surface area contributed by atoms with Gasteiger partial charge in [-0.3, -0.25) is 14.6 Å². The molecule has 5 N–H and O–H groups in total. The van der Waals surface area contributed by atoms with Gasteiger partial charge in [-0.2, -0.15) is 0 Å². The number of amides is 3. The zero-order chi connectivity index (χ0) is 34.0. The second-order valence-electron chi connectivity index (χ2n) is 16.1. The molecule has 0 aromatic rings. The molecule has 3 amide bonds. The number of nitrogens with zero attached hydrogens (tertiary/aromatic N) is 2. The number of aliphatic imine (C=N–C) groups is 1. The van der Waals surface area contributed by atoms with Gasteiger partial charge in [0.15, 0.2) is 5.96 Å². The SMILES string of the molecule is CN=C(N)NCCC[C@H](NC(=O)C1CCN(C(=O)OC(C)(C)C)CC1)C(=O)N[C@@H](CC(C)C)B1O[C@@H]2C[C@@H]3C[C@@H](C3(C)C)[C@]2(C)O1. The van der Waals surface area contributed by atoms with Gasteiger partial charge in [0.2, 0.25) is 11.8 Å². The van der Waals surface area contributed by atoms with Crippen molar-refractivity contribution in [3.05, 3.63) is 0 Å². The maximum Gasteiger partial charge on any atom is 0.481 e. The second kappa shape index (κ2) is 14.3. The molecule has 5 fully saturated rings. The number of guanidine groups is 1. The summed E-state index contributed by atoms with van der Waals surface area (Å²) in [5, 5.41) is 9.31. The lowest BCUT2D eigenvalue weighted by molar-refractivity contribution is -0.199. The quantitative estimate of drug-likeness (QED) is 0.115. The lowest BCUT2D eigenvalue weighted by Gasteiger charge is -2.64. The standard InChI is InChI=1S/C33H59BN6O6/c1-20(2)17-26(34-45-25-19-22-18-24(32(22,6)7)33(25,8)46-34)39-28(42)23(11-10-14-37-29(35)36-9)38-27(41)21-12-15-40(16-13-21)30(43)44-31(3,4)5/h20-26H,10-19H2,1-9H3,(H,38,41)(H,39,42)(H3,35,36,37)/t22-,23-,24-,25+,26-,33-/m0/s1. The van der Waals surface area contributed by atoms with Crippen molar-refractivity contribution in [3.63, 3.8) is 0 Å². The number of piperidine rings is 1. The minimum Gasteiger partial charge on any atom is -0.444 e.